The van der Waals surface area contributed by atoms with Crippen LogP contribution < -0.4 is 0 Å². The van der Waals surface area contributed by atoms with E-state index in [-0.39, 0.29) is 0 Å². The molecule has 0 atom stereocenters. The van der Waals surface area contributed by atoms with E-state index in [1.54, 1.807) is 11.8 Å². The minimum Gasteiger partial charge on any atom is -0.149 e. The van der Waals surface area contributed by atoms with Gasteiger partial charge in [0.25, 0.3) is 0 Å². The second kappa shape index (κ2) is 7.63. The molecule has 0 aliphatic heterocycles. The van der Waals surface area contributed by atoms with E-state index in [4.69, 9.17) is 0 Å². The van der Waals surface area contributed by atoms with Crippen molar-refractivity contribution < 1.29 is 0 Å². The zero-order valence-corrected chi connectivity index (χ0v) is 15.2. The van der Waals surface area contributed by atoms with Crippen molar-refractivity contribution in [2.45, 2.75) is 38.0 Å². The quantitative estimate of drug-likeness (QED) is 0.567. The van der Waals surface area contributed by atoms with Gasteiger partial charge >= 0.3 is 0 Å². The fourth-order valence-corrected chi connectivity index (χ4v) is 3.45. The highest BCUT2D eigenvalue weighted by Crippen LogP contribution is 2.25. The highest BCUT2D eigenvalue weighted by atomic mass is 32.2. The van der Waals surface area contributed by atoms with Crippen LogP contribution in [0.3, 0.4) is 0 Å². The molecule has 0 saturated heterocycles. The topological polar surface area (TPSA) is 25.8 Å². The lowest BCUT2D eigenvalue weighted by atomic mass is 10.1. The Morgan fingerprint density at radius 1 is 0.875 bits per heavy atom. The third-order valence-corrected chi connectivity index (χ3v) is 5.15. The van der Waals surface area contributed by atoms with Gasteiger partial charge in [0.05, 0.1) is 5.69 Å². The molecule has 2 nitrogen and oxygen atoms in total. The van der Waals surface area contributed by atoms with E-state index in [1.807, 2.05) is 0 Å². The number of hydrogen-bond acceptors (Lipinski definition) is 3. The van der Waals surface area contributed by atoms with Crippen LogP contribution in [0.2, 0.25) is 0 Å². The molecule has 0 N–H and O–H groups in total. The average Bonchev–Trinajstić information content (AvgIpc) is 2.63. The monoisotopic (exact) mass is 334 g/mol. The van der Waals surface area contributed by atoms with E-state index in [9.17, 15) is 0 Å². The van der Waals surface area contributed by atoms with Gasteiger partial charge in [0, 0.05) is 11.3 Å². The summed E-state index contributed by atoms with van der Waals surface area (Å²) in [5.41, 5.74) is 7.37. The number of hydrogen-bond donors (Lipinski definition) is 0. The van der Waals surface area contributed by atoms with Crippen molar-refractivity contribution >= 4 is 11.8 Å². The molecule has 0 spiro atoms. The smallest absolute Gasteiger partial charge is 0.119 e. The number of aromatic nitrogens is 2. The van der Waals surface area contributed by atoms with Crippen molar-refractivity contribution in [3.05, 3.63) is 76.9 Å². The number of aryl methyl sites for hydroxylation is 3. The van der Waals surface area contributed by atoms with Crippen LogP contribution in [-0.4, -0.2) is 10.2 Å². The van der Waals surface area contributed by atoms with Crippen LogP contribution in [0.5, 0.6) is 0 Å². The Morgan fingerprint density at radius 3 is 2.33 bits per heavy atom. The van der Waals surface area contributed by atoms with Crippen molar-refractivity contribution in [1.29, 1.82) is 0 Å². The van der Waals surface area contributed by atoms with Gasteiger partial charge in [0.2, 0.25) is 0 Å². The van der Waals surface area contributed by atoms with Gasteiger partial charge in [0.1, 0.15) is 5.03 Å². The first kappa shape index (κ1) is 16.7. The highest BCUT2D eigenvalue weighted by molar-refractivity contribution is 7.98. The van der Waals surface area contributed by atoms with Crippen LogP contribution in [0, 0.1) is 13.8 Å². The Morgan fingerprint density at radius 2 is 1.67 bits per heavy atom. The lowest BCUT2D eigenvalue weighted by Gasteiger charge is -2.07. The third-order valence-electron chi connectivity index (χ3n) is 4.18. The number of benzene rings is 2. The first-order valence-corrected chi connectivity index (χ1v) is 9.26. The lowest BCUT2D eigenvalue weighted by Crippen LogP contribution is -1.92. The van der Waals surface area contributed by atoms with Crippen LogP contribution in [0.4, 0.5) is 0 Å². The summed E-state index contributed by atoms with van der Waals surface area (Å²) in [5.74, 6) is 0.923. The van der Waals surface area contributed by atoms with Gasteiger partial charge in [0.15, 0.2) is 0 Å². The lowest BCUT2D eigenvalue weighted by molar-refractivity contribution is 0.935. The minimum atomic E-state index is 0.923. The minimum absolute atomic E-state index is 0.923. The maximum Gasteiger partial charge on any atom is 0.119 e. The van der Waals surface area contributed by atoms with Crippen molar-refractivity contribution in [3.8, 4) is 11.3 Å². The molecule has 2 aromatic carbocycles. The van der Waals surface area contributed by atoms with E-state index in [1.165, 1.54) is 22.3 Å². The summed E-state index contributed by atoms with van der Waals surface area (Å²) in [6.07, 6.45) is 1.06. The van der Waals surface area contributed by atoms with E-state index in [0.717, 1.165) is 28.5 Å². The van der Waals surface area contributed by atoms with Gasteiger partial charge in [-0.1, -0.05) is 66.7 Å². The molecule has 3 rings (SSSR count). The van der Waals surface area contributed by atoms with E-state index in [2.05, 4.69) is 85.6 Å². The van der Waals surface area contributed by atoms with Gasteiger partial charge < -0.3 is 0 Å². The van der Waals surface area contributed by atoms with Crippen molar-refractivity contribution in [1.82, 2.24) is 10.2 Å². The number of nitrogens with zero attached hydrogens (tertiary/aromatic N) is 2. The maximum absolute atomic E-state index is 4.39. The van der Waals surface area contributed by atoms with Gasteiger partial charge in [-0.2, -0.15) is 0 Å². The van der Waals surface area contributed by atoms with Crippen molar-refractivity contribution in [2.24, 2.45) is 0 Å². The zero-order valence-electron chi connectivity index (χ0n) is 14.4. The Bertz CT molecular complexity index is 808. The Labute approximate surface area is 148 Å². The van der Waals surface area contributed by atoms with E-state index in [0.29, 0.717) is 0 Å². The van der Waals surface area contributed by atoms with Gasteiger partial charge in [-0.25, -0.2) is 0 Å². The molecule has 0 saturated carbocycles. The van der Waals surface area contributed by atoms with E-state index >= 15 is 0 Å². The predicted molar refractivity (Wildman–Crippen MR) is 102 cm³/mol. The summed E-state index contributed by atoms with van der Waals surface area (Å²) in [7, 11) is 0. The summed E-state index contributed by atoms with van der Waals surface area (Å²) >= 11 is 1.73. The van der Waals surface area contributed by atoms with Crippen molar-refractivity contribution in [3.63, 3.8) is 0 Å². The predicted octanol–water partition coefficient (Wildman–Crippen LogP) is 5.62. The van der Waals surface area contributed by atoms with Crippen LogP contribution in [-0.2, 0) is 12.2 Å². The fraction of sp³-hybridized carbons (Fsp3) is 0.238. The second-order valence-corrected chi connectivity index (χ2v) is 7.02. The first-order chi connectivity index (χ1) is 11.7. The molecule has 0 aliphatic rings. The SMILES string of the molecule is CCc1ccc(-c2ccc(SCc3cc(C)ccc3C)nn2)cc1. The third kappa shape index (κ3) is 4.04. The molecular formula is C21H22N2S. The molecule has 0 aliphatic carbocycles. The standard InChI is InChI=1S/C21H22N2S/c1-4-17-7-9-18(10-8-17)20-11-12-21(23-22-20)24-14-19-13-15(2)5-6-16(19)3/h5-13H,4,14H2,1-3H3. The number of thioether (sulfide) groups is 1. The molecule has 0 amide bonds. The average molecular weight is 334 g/mol. The van der Waals surface area contributed by atoms with Crippen LogP contribution in [0.25, 0.3) is 11.3 Å². The molecule has 0 bridgehead atoms. The maximum atomic E-state index is 4.39. The Balaban J connectivity index is 1.69. The van der Waals surface area contributed by atoms with Crippen LogP contribution >= 0.6 is 11.8 Å². The molecule has 1 aromatic heterocycles. The normalized spacial score (nSPS) is 10.8. The molecule has 0 radical (unpaired) electrons. The number of rotatable bonds is 5. The molecule has 3 heteroatoms. The summed E-state index contributed by atoms with van der Waals surface area (Å²) < 4.78 is 0. The second-order valence-electron chi connectivity index (χ2n) is 6.03. The summed E-state index contributed by atoms with van der Waals surface area (Å²) in [6.45, 7) is 6.45. The Hall–Kier alpha value is -2.13. The van der Waals surface area contributed by atoms with Crippen molar-refractivity contribution in [2.75, 3.05) is 0 Å². The summed E-state index contributed by atoms with van der Waals surface area (Å²) in [6, 6.07) is 19.2. The molecule has 0 fully saturated rings. The largest absolute Gasteiger partial charge is 0.149 e. The zero-order chi connectivity index (χ0) is 16.9. The van der Waals surface area contributed by atoms with Gasteiger partial charge in [-0.05, 0) is 49.1 Å². The molecule has 3 aromatic rings. The Kier molecular flexibility index (Phi) is 5.31. The highest BCUT2D eigenvalue weighted by Gasteiger charge is 2.04. The molecular weight excluding hydrogens is 312 g/mol. The molecule has 1 heterocycles. The summed E-state index contributed by atoms with van der Waals surface area (Å²) in [5, 5.41) is 9.73. The molecule has 122 valence electrons. The van der Waals surface area contributed by atoms with Gasteiger partial charge in [-0.15, -0.1) is 10.2 Å². The molecule has 24 heavy (non-hydrogen) atoms. The fourth-order valence-electron chi connectivity index (χ4n) is 2.57. The van der Waals surface area contributed by atoms with Gasteiger partial charge in [-0.3, -0.25) is 0 Å². The first-order valence-electron chi connectivity index (χ1n) is 8.27. The van der Waals surface area contributed by atoms with Crippen LogP contribution in [0.15, 0.2) is 59.6 Å². The van der Waals surface area contributed by atoms with Crippen LogP contribution in [0.1, 0.15) is 29.2 Å². The van der Waals surface area contributed by atoms with E-state index < -0.39 is 0 Å². The molecule has 0 unspecified atom stereocenters. The summed E-state index contributed by atoms with van der Waals surface area (Å²) in [4.78, 5) is 0.